The monoisotopic (exact) mass is 364 g/mol. The van der Waals surface area contributed by atoms with Crippen LogP contribution in [0, 0.1) is 5.92 Å². The molecule has 5 nitrogen and oxygen atoms in total. The molecule has 0 spiro atoms. The molecule has 1 amide bonds. The highest BCUT2D eigenvalue weighted by Gasteiger charge is 2.31. The van der Waals surface area contributed by atoms with E-state index in [2.05, 4.69) is 11.4 Å². The standard InChI is InChI=1S/C19H25ClN2O3/c20-15-9-14-1-5-22(19(23)13-2-6-24-7-3-13)11-17(14)16(10-15)18-12-25-8-4-21-18/h9-10,13,18,21H,1-8,11-12H2/t18-/m0/s1. The summed E-state index contributed by atoms with van der Waals surface area (Å²) in [4.78, 5) is 14.9. The van der Waals surface area contributed by atoms with Crippen molar-refractivity contribution in [3.05, 3.63) is 33.8 Å². The Bertz CT molecular complexity index is 640. The van der Waals surface area contributed by atoms with E-state index in [-0.39, 0.29) is 17.9 Å². The fourth-order valence-electron chi connectivity index (χ4n) is 4.12. The van der Waals surface area contributed by atoms with E-state index in [0.29, 0.717) is 26.4 Å². The molecule has 3 heterocycles. The van der Waals surface area contributed by atoms with Crippen molar-refractivity contribution >= 4 is 17.5 Å². The molecule has 1 aromatic carbocycles. The highest BCUT2D eigenvalue weighted by Crippen LogP contribution is 2.32. The van der Waals surface area contributed by atoms with Crippen molar-refractivity contribution < 1.29 is 14.3 Å². The van der Waals surface area contributed by atoms with E-state index in [1.165, 1.54) is 16.7 Å². The second-order valence-corrected chi connectivity index (χ2v) is 7.55. The van der Waals surface area contributed by atoms with E-state index in [1.54, 1.807) is 0 Å². The lowest BCUT2D eigenvalue weighted by atomic mass is 9.89. The number of ether oxygens (including phenoxy) is 2. The molecule has 1 aromatic rings. The highest BCUT2D eigenvalue weighted by atomic mass is 35.5. The van der Waals surface area contributed by atoms with Gasteiger partial charge in [-0.05, 0) is 48.1 Å². The summed E-state index contributed by atoms with van der Waals surface area (Å²) in [6.45, 7) is 5.09. The topological polar surface area (TPSA) is 50.8 Å². The van der Waals surface area contributed by atoms with Crippen LogP contribution in [0.1, 0.15) is 35.6 Å². The van der Waals surface area contributed by atoms with E-state index < -0.39 is 0 Å². The van der Waals surface area contributed by atoms with Crippen molar-refractivity contribution in [3.63, 3.8) is 0 Å². The first-order valence-corrected chi connectivity index (χ1v) is 9.59. The molecule has 0 bridgehead atoms. The Morgan fingerprint density at radius 2 is 2.04 bits per heavy atom. The van der Waals surface area contributed by atoms with Gasteiger partial charge in [-0.2, -0.15) is 0 Å². The second kappa shape index (κ2) is 7.62. The zero-order valence-electron chi connectivity index (χ0n) is 14.4. The SMILES string of the molecule is O=C(C1CCOCC1)N1CCc2cc(Cl)cc([C@@H]3COCCN3)c2C1. The van der Waals surface area contributed by atoms with Gasteiger partial charge in [-0.25, -0.2) is 0 Å². The van der Waals surface area contributed by atoms with Crippen molar-refractivity contribution in [1.29, 1.82) is 0 Å². The summed E-state index contributed by atoms with van der Waals surface area (Å²) in [7, 11) is 0. The number of benzene rings is 1. The summed E-state index contributed by atoms with van der Waals surface area (Å²) in [6, 6.07) is 4.24. The largest absolute Gasteiger partial charge is 0.381 e. The lowest BCUT2D eigenvalue weighted by Crippen LogP contribution is -2.42. The number of halogens is 1. The normalized spacial score (nSPS) is 24.8. The van der Waals surface area contributed by atoms with Crippen molar-refractivity contribution in [1.82, 2.24) is 10.2 Å². The fraction of sp³-hybridized carbons (Fsp3) is 0.632. The summed E-state index contributed by atoms with van der Waals surface area (Å²) in [5.74, 6) is 0.393. The molecule has 0 unspecified atom stereocenters. The average Bonchev–Trinajstić information content (AvgIpc) is 2.68. The van der Waals surface area contributed by atoms with Gasteiger partial charge in [-0.1, -0.05) is 11.6 Å². The summed E-state index contributed by atoms with van der Waals surface area (Å²) in [5, 5.41) is 4.29. The van der Waals surface area contributed by atoms with Crippen LogP contribution >= 0.6 is 11.6 Å². The predicted molar refractivity (Wildman–Crippen MR) is 95.7 cm³/mol. The third-order valence-corrected chi connectivity index (χ3v) is 5.74. The Hall–Kier alpha value is -1.14. The first kappa shape index (κ1) is 17.3. The van der Waals surface area contributed by atoms with Gasteiger partial charge in [0.05, 0.1) is 19.3 Å². The molecular formula is C19H25ClN2O3. The van der Waals surface area contributed by atoms with E-state index in [4.69, 9.17) is 21.1 Å². The van der Waals surface area contributed by atoms with Crippen LogP contribution in [-0.4, -0.2) is 50.3 Å². The second-order valence-electron chi connectivity index (χ2n) is 7.11. The maximum Gasteiger partial charge on any atom is 0.226 e. The highest BCUT2D eigenvalue weighted by molar-refractivity contribution is 6.30. The Morgan fingerprint density at radius 1 is 1.20 bits per heavy atom. The minimum atomic E-state index is 0.113. The van der Waals surface area contributed by atoms with Gasteiger partial charge in [0, 0.05) is 43.8 Å². The smallest absolute Gasteiger partial charge is 0.226 e. The van der Waals surface area contributed by atoms with E-state index in [1.807, 2.05) is 11.0 Å². The van der Waals surface area contributed by atoms with Crippen LogP contribution in [0.2, 0.25) is 5.02 Å². The lowest BCUT2D eigenvalue weighted by molar-refractivity contribution is -0.139. The Balaban J connectivity index is 1.57. The first-order valence-electron chi connectivity index (χ1n) is 9.21. The summed E-state index contributed by atoms with van der Waals surface area (Å²) >= 11 is 6.36. The van der Waals surface area contributed by atoms with Crippen LogP contribution in [0.25, 0.3) is 0 Å². The van der Waals surface area contributed by atoms with E-state index >= 15 is 0 Å². The van der Waals surface area contributed by atoms with Gasteiger partial charge in [-0.15, -0.1) is 0 Å². The van der Waals surface area contributed by atoms with Gasteiger partial charge in [0.15, 0.2) is 0 Å². The number of nitrogens with one attached hydrogen (secondary N) is 1. The Labute approximate surface area is 153 Å². The number of morpholine rings is 1. The van der Waals surface area contributed by atoms with Crippen LogP contribution in [-0.2, 0) is 27.2 Å². The minimum absolute atomic E-state index is 0.113. The zero-order chi connectivity index (χ0) is 17.2. The zero-order valence-corrected chi connectivity index (χ0v) is 15.2. The molecule has 0 aliphatic carbocycles. The van der Waals surface area contributed by atoms with Crippen LogP contribution < -0.4 is 5.32 Å². The van der Waals surface area contributed by atoms with Crippen LogP contribution in [0.4, 0.5) is 0 Å². The van der Waals surface area contributed by atoms with E-state index in [0.717, 1.165) is 44.0 Å². The van der Waals surface area contributed by atoms with Crippen molar-refractivity contribution in [2.24, 2.45) is 5.92 Å². The molecule has 2 fully saturated rings. The first-order chi connectivity index (χ1) is 12.2. The minimum Gasteiger partial charge on any atom is -0.381 e. The summed E-state index contributed by atoms with van der Waals surface area (Å²) in [5.41, 5.74) is 3.71. The number of carbonyl (C=O) groups excluding carboxylic acids is 1. The number of fused-ring (bicyclic) bond motifs is 1. The maximum atomic E-state index is 12.9. The molecule has 3 aliphatic rings. The van der Waals surface area contributed by atoms with Crippen LogP contribution in [0.5, 0.6) is 0 Å². The molecule has 25 heavy (non-hydrogen) atoms. The van der Waals surface area contributed by atoms with Gasteiger partial charge < -0.3 is 19.7 Å². The summed E-state index contributed by atoms with van der Waals surface area (Å²) in [6.07, 6.45) is 2.55. The Kier molecular flexibility index (Phi) is 5.27. The predicted octanol–water partition coefficient (Wildman–Crippen LogP) is 2.31. The third kappa shape index (κ3) is 3.70. The van der Waals surface area contributed by atoms with E-state index in [9.17, 15) is 4.79 Å². The fourth-order valence-corrected chi connectivity index (χ4v) is 4.37. The lowest BCUT2D eigenvalue weighted by Gasteiger charge is -2.36. The van der Waals surface area contributed by atoms with Gasteiger partial charge in [0.25, 0.3) is 0 Å². The molecule has 136 valence electrons. The average molecular weight is 365 g/mol. The molecule has 2 saturated heterocycles. The molecule has 6 heteroatoms. The van der Waals surface area contributed by atoms with Crippen molar-refractivity contribution in [2.75, 3.05) is 39.5 Å². The summed E-state index contributed by atoms with van der Waals surface area (Å²) < 4.78 is 11.0. The van der Waals surface area contributed by atoms with Gasteiger partial charge >= 0.3 is 0 Å². The van der Waals surface area contributed by atoms with Crippen molar-refractivity contribution in [3.8, 4) is 0 Å². The molecular weight excluding hydrogens is 340 g/mol. The van der Waals surface area contributed by atoms with Crippen LogP contribution in [0.15, 0.2) is 12.1 Å². The molecule has 0 aromatic heterocycles. The number of amides is 1. The molecule has 1 N–H and O–H groups in total. The Morgan fingerprint density at radius 3 is 2.80 bits per heavy atom. The number of rotatable bonds is 2. The van der Waals surface area contributed by atoms with Gasteiger partial charge in [-0.3, -0.25) is 4.79 Å². The van der Waals surface area contributed by atoms with Crippen LogP contribution in [0.3, 0.4) is 0 Å². The molecule has 1 atom stereocenters. The van der Waals surface area contributed by atoms with Gasteiger partial charge in [0.1, 0.15) is 0 Å². The quantitative estimate of drug-likeness (QED) is 0.875. The number of nitrogens with zero attached hydrogens (tertiary/aromatic N) is 1. The molecule has 0 saturated carbocycles. The number of carbonyl (C=O) groups is 1. The maximum absolute atomic E-state index is 12.9. The van der Waals surface area contributed by atoms with Gasteiger partial charge in [0.2, 0.25) is 5.91 Å². The molecule has 3 aliphatic heterocycles. The third-order valence-electron chi connectivity index (χ3n) is 5.52. The van der Waals surface area contributed by atoms with Crippen molar-refractivity contribution in [2.45, 2.75) is 31.8 Å². The molecule has 4 rings (SSSR count). The number of hydrogen-bond acceptors (Lipinski definition) is 4. The molecule has 0 radical (unpaired) electrons. The number of hydrogen-bond donors (Lipinski definition) is 1.